The number of likely N-dealkylation sites (N-methyl/N-ethyl adjacent to an activating group) is 1. The van der Waals surface area contributed by atoms with Crippen LogP contribution >= 0.6 is 0 Å². The molecule has 1 heterocycles. The Morgan fingerprint density at radius 3 is 2.71 bits per heavy atom. The van der Waals surface area contributed by atoms with Crippen molar-refractivity contribution in [2.45, 2.75) is 6.42 Å². The number of halogens is 2. The van der Waals surface area contributed by atoms with E-state index >= 15 is 0 Å². The van der Waals surface area contributed by atoms with Crippen LogP contribution in [0.5, 0.6) is 0 Å². The summed E-state index contributed by atoms with van der Waals surface area (Å²) in [6.45, 7) is 0.954. The molecular weight excluding hydrogens is 274 g/mol. The van der Waals surface area contributed by atoms with Crippen molar-refractivity contribution in [1.82, 2.24) is 0 Å². The Bertz CT molecular complexity index is 715. The first-order valence-corrected chi connectivity index (χ1v) is 6.65. The van der Waals surface area contributed by atoms with Gasteiger partial charge in [-0.05, 0) is 42.3 Å². The maximum absolute atomic E-state index is 13.1. The van der Waals surface area contributed by atoms with Gasteiger partial charge in [-0.3, -0.25) is 4.79 Å². The summed E-state index contributed by atoms with van der Waals surface area (Å²) in [5.74, 6) is -2.46. The van der Waals surface area contributed by atoms with Crippen LogP contribution in [0.1, 0.15) is 15.9 Å². The lowest BCUT2D eigenvalue weighted by Gasteiger charge is -2.13. The highest BCUT2D eigenvalue weighted by Crippen LogP contribution is 2.29. The molecule has 0 unspecified atom stereocenters. The number of amides is 1. The van der Waals surface area contributed by atoms with Crippen molar-refractivity contribution in [3.63, 3.8) is 0 Å². The van der Waals surface area contributed by atoms with Crippen molar-refractivity contribution in [2.24, 2.45) is 0 Å². The van der Waals surface area contributed by atoms with E-state index in [1.165, 1.54) is 11.6 Å². The van der Waals surface area contributed by atoms with Crippen LogP contribution in [0.4, 0.5) is 20.2 Å². The van der Waals surface area contributed by atoms with Crippen LogP contribution in [0.2, 0.25) is 0 Å². The maximum atomic E-state index is 13.1. The number of rotatable bonds is 2. The minimum Gasteiger partial charge on any atom is -0.374 e. The first-order chi connectivity index (χ1) is 10.0. The molecule has 108 valence electrons. The number of benzene rings is 2. The standard InChI is InChI=1S/C16H14F2N2O/c1-20-7-6-10-2-4-12(9-15(10)20)19-16(21)11-3-5-13(17)14(18)8-11/h2-5,8-9H,6-7H2,1H3,(H,19,21). The number of nitrogens with one attached hydrogen (secondary N) is 1. The molecule has 0 aliphatic carbocycles. The van der Waals surface area contributed by atoms with Gasteiger partial charge in [0.1, 0.15) is 0 Å². The molecule has 0 atom stereocenters. The second-order valence-electron chi connectivity index (χ2n) is 5.10. The van der Waals surface area contributed by atoms with Gasteiger partial charge in [-0.2, -0.15) is 0 Å². The summed E-state index contributed by atoms with van der Waals surface area (Å²) in [6, 6.07) is 8.77. The smallest absolute Gasteiger partial charge is 0.255 e. The van der Waals surface area contributed by atoms with E-state index in [-0.39, 0.29) is 5.56 Å². The molecule has 1 N–H and O–H groups in total. The van der Waals surface area contributed by atoms with Gasteiger partial charge in [0.2, 0.25) is 0 Å². The van der Waals surface area contributed by atoms with Gasteiger partial charge in [0, 0.05) is 30.5 Å². The fourth-order valence-electron chi connectivity index (χ4n) is 2.46. The molecular formula is C16H14F2N2O. The number of hydrogen-bond acceptors (Lipinski definition) is 2. The van der Waals surface area contributed by atoms with Crippen LogP contribution in [0.3, 0.4) is 0 Å². The Morgan fingerprint density at radius 1 is 1.14 bits per heavy atom. The van der Waals surface area contributed by atoms with E-state index in [4.69, 9.17) is 0 Å². The Labute approximate surface area is 121 Å². The fourth-order valence-corrected chi connectivity index (χ4v) is 2.46. The Balaban J connectivity index is 1.82. The van der Waals surface area contributed by atoms with Crippen LogP contribution in [-0.4, -0.2) is 19.5 Å². The molecule has 1 aliphatic heterocycles. The van der Waals surface area contributed by atoms with Gasteiger partial charge in [0.05, 0.1) is 0 Å². The summed E-state index contributed by atoms with van der Waals surface area (Å²) in [5, 5.41) is 2.70. The van der Waals surface area contributed by atoms with E-state index in [1.54, 1.807) is 0 Å². The summed E-state index contributed by atoms with van der Waals surface area (Å²) in [4.78, 5) is 14.2. The Hall–Kier alpha value is -2.43. The van der Waals surface area contributed by atoms with Gasteiger partial charge in [-0.25, -0.2) is 8.78 Å². The van der Waals surface area contributed by atoms with Gasteiger partial charge < -0.3 is 10.2 Å². The van der Waals surface area contributed by atoms with Crippen molar-refractivity contribution in [1.29, 1.82) is 0 Å². The average Bonchev–Trinajstić information content (AvgIpc) is 2.83. The molecule has 2 aromatic rings. The van der Waals surface area contributed by atoms with Crippen LogP contribution in [0.25, 0.3) is 0 Å². The highest BCUT2D eigenvalue weighted by Gasteiger charge is 2.16. The molecule has 3 nitrogen and oxygen atoms in total. The highest BCUT2D eigenvalue weighted by molar-refractivity contribution is 6.04. The average molecular weight is 288 g/mol. The lowest BCUT2D eigenvalue weighted by Crippen LogP contribution is -2.14. The zero-order valence-electron chi connectivity index (χ0n) is 11.5. The molecule has 2 aromatic carbocycles. The minimum absolute atomic E-state index is 0.0859. The van der Waals surface area contributed by atoms with Gasteiger partial charge >= 0.3 is 0 Å². The molecule has 0 fully saturated rings. The van der Waals surface area contributed by atoms with Gasteiger partial charge in [0.25, 0.3) is 5.91 Å². The summed E-state index contributed by atoms with van der Waals surface area (Å²) in [5.41, 5.74) is 3.04. The van der Waals surface area contributed by atoms with Crippen molar-refractivity contribution in [3.05, 3.63) is 59.2 Å². The number of anilines is 2. The molecule has 3 rings (SSSR count). The third-order valence-corrected chi connectivity index (χ3v) is 3.65. The number of fused-ring (bicyclic) bond motifs is 1. The van der Waals surface area contributed by atoms with Crippen LogP contribution < -0.4 is 10.2 Å². The molecule has 21 heavy (non-hydrogen) atoms. The molecule has 1 aliphatic rings. The van der Waals surface area contributed by atoms with E-state index < -0.39 is 17.5 Å². The minimum atomic E-state index is -1.03. The molecule has 0 spiro atoms. The summed E-state index contributed by atoms with van der Waals surface area (Å²) in [7, 11) is 1.99. The molecule has 0 aromatic heterocycles. The van der Waals surface area contributed by atoms with Crippen molar-refractivity contribution in [3.8, 4) is 0 Å². The Kier molecular flexibility index (Phi) is 3.33. The first kappa shape index (κ1) is 13.5. The van der Waals surface area contributed by atoms with Gasteiger partial charge in [-0.1, -0.05) is 6.07 Å². The predicted molar refractivity (Wildman–Crippen MR) is 77.7 cm³/mol. The lowest BCUT2D eigenvalue weighted by molar-refractivity contribution is 0.102. The van der Waals surface area contributed by atoms with E-state index in [9.17, 15) is 13.6 Å². The normalized spacial score (nSPS) is 13.2. The molecule has 0 bridgehead atoms. The lowest BCUT2D eigenvalue weighted by atomic mass is 10.1. The fraction of sp³-hybridized carbons (Fsp3) is 0.188. The summed E-state index contributed by atoms with van der Waals surface area (Å²) < 4.78 is 26.0. The van der Waals surface area contributed by atoms with Crippen molar-refractivity contribution < 1.29 is 13.6 Å². The van der Waals surface area contributed by atoms with E-state index in [2.05, 4.69) is 10.2 Å². The number of carbonyl (C=O) groups is 1. The SMILES string of the molecule is CN1CCc2ccc(NC(=O)c3ccc(F)c(F)c3)cc21. The predicted octanol–water partition coefficient (Wildman–Crippen LogP) is 3.21. The topological polar surface area (TPSA) is 32.3 Å². The number of nitrogens with zero attached hydrogens (tertiary/aromatic N) is 1. The van der Waals surface area contributed by atoms with Crippen molar-refractivity contribution >= 4 is 17.3 Å². The second-order valence-corrected chi connectivity index (χ2v) is 5.10. The molecule has 0 radical (unpaired) electrons. The van der Waals surface area contributed by atoms with Gasteiger partial charge in [-0.15, -0.1) is 0 Å². The molecule has 0 saturated heterocycles. The maximum Gasteiger partial charge on any atom is 0.255 e. The van der Waals surface area contributed by atoms with E-state index in [0.717, 1.165) is 30.8 Å². The Morgan fingerprint density at radius 2 is 1.95 bits per heavy atom. The van der Waals surface area contributed by atoms with E-state index in [1.807, 2.05) is 25.2 Å². The van der Waals surface area contributed by atoms with Crippen LogP contribution in [0, 0.1) is 11.6 Å². The third kappa shape index (κ3) is 2.59. The third-order valence-electron chi connectivity index (χ3n) is 3.65. The quantitative estimate of drug-likeness (QED) is 0.920. The van der Waals surface area contributed by atoms with Crippen LogP contribution in [0.15, 0.2) is 36.4 Å². The first-order valence-electron chi connectivity index (χ1n) is 6.65. The van der Waals surface area contributed by atoms with Crippen molar-refractivity contribution in [2.75, 3.05) is 23.8 Å². The molecule has 0 saturated carbocycles. The molecule has 1 amide bonds. The summed E-state index contributed by atoms with van der Waals surface area (Å²) >= 11 is 0. The second kappa shape index (κ2) is 5.16. The highest BCUT2D eigenvalue weighted by atomic mass is 19.2. The van der Waals surface area contributed by atoms with E-state index in [0.29, 0.717) is 5.69 Å². The van der Waals surface area contributed by atoms with Gasteiger partial charge in [0.15, 0.2) is 11.6 Å². The zero-order chi connectivity index (χ0) is 15.0. The largest absolute Gasteiger partial charge is 0.374 e. The monoisotopic (exact) mass is 288 g/mol. The number of carbonyl (C=O) groups excluding carboxylic acids is 1. The summed E-state index contributed by atoms with van der Waals surface area (Å²) in [6.07, 6.45) is 0.989. The van der Waals surface area contributed by atoms with Crippen LogP contribution in [-0.2, 0) is 6.42 Å². The number of hydrogen-bond donors (Lipinski definition) is 1. The zero-order valence-corrected chi connectivity index (χ0v) is 11.5. The molecule has 5 heteroatoms.